The van der Waals surface area contributed by atoms with Crippen molar-refractivity contribution >= 4 is 45.5 Å². The number of nitrogens with one attached hydrogen (secondary N) is 1. The molecule has 3 N–H and O–H groups in total. The molecule has 0 atom stereocenters. The van der Waals surface area contributed by atoms with E-state index in [0.29, 0.717) is 22.6 Å². The first-order valence-corrected chi connectivity index (χ1v) is 9.17. The third kappa shape index (κ3) is 3.44. The van der Waals surface area contributed by atoms with Crippen molar-refractivity contribution in [1.82, 2.24) is 0 Å². The Morgan fingerprint density at radius 3 is 2.74 bits per heavy atom. The summed E-state index contributed by atoms with van der Waals surface area (Å²) in [6.45, 7) is 1.59. The number of thiocarbonyl (C=S) groups is 1. The van der Waals surface area contributed by atoms with Gasteiger partial charge in [0, 0.05) is 18.5 Å². The molecule has 3 aromatic rings. The van der Waals surface area contributed by atoms with E-state index in [4.69, 9.17) is 22.4 Å². The van der Waals surface area contributed by atoms with Crippen LogP contribution in [0.4, 0.5) is 11.4 Å². The molecule has 0 spiro atoms. The number of fused-ring (bicyclic) bond motifs is 1. The second-order valence-electron chi connectivity index (χ2n) is 6.37. The summed E-state index contributed by atoms with van der Waals surface area (Å²) < 4.78 is 5.81. The van der Waals surface area contributed by atoms with Crippen LogP contribution in [0.2, 0.25) is 0 Å². The van der Waals surface area contributed by atoms with Crippen molar-refractivity contribution in [3.8, 4) is 0 Å². The fourth-order valence-electron chi connectivity index (χ4n) is 3.36. The number of anilines is 2. The molecule has 27 heavy (non-hydrogen) atoms. The highest BCUT2D eigenvalue weighted by atomic mass is 32.1. The molecule has 136 valence electrons. The molecule has 2 aromatic carbocycles. The van der Waals surface area contributed by atoms with Gasteiger partial charge in [-0.2, -0.15) is 0 Å². The van der Waals surface area contributed by atoms with E-state index in [1.54, 1.807) is 12.1 Å². The Kier molecular flexibility index (Phi) is 4.64. The number of nitrogens with zero attached hydrogens (tertiary/aromatic N) is 1. The Morgan fingerprint density at radius 2 is 2.00 bits per heavy atom. The van der Waals surface area contributed by atoms with E-state index >= 15 is 0 Å². The minimum absolute atomic E-state index is 0.115. The van der Waals surface area contributed by atoms with Crippen molar-refractivity contribution in [3.05, 3.63) is 72.0 Å². The number of benzene rings is 2. The van der Waals surface area contributed by atoms with Gasteiger partial charge < -0.3 is 20.4 Å². The average molecular weight is 377 g/mol. The van der Waals surface area contributed by atoms with Gasteiger partial charge in [0.15, 0.2) is 10.9 Å². The summed E-state index contributed by atoms with van der Waals surface area (Å²) in [4.78, 5) is 15.6. The molecule has 0 radical (unpaired) electrons. The van der Waals surface area contributed by atoms with Gasteiger partial charge in [-0.1, -0.05) is 36.4 Å². The van der Waals surface area contributed by atoms with Crippen LogP contribution in [0.15, 0.2) is 65.1 Å². The first-order valence-electron chi connectivity index (χ1n) is 8.76. The summed E-state index contributed by atoms with van der Waals surface area (Å²) in [6, 6.07) is 15.0. The molecule has 0 aliphatic carbocycles. The Morgan fingerprint density at radius 1 is 1.15 bits per heavy atom. The van der Waals surface area contributed by atoms with E-state index in [1.807, 2.05) is 36.4 Å². The first kappa shape index (κ1) is 17.3. The van der Waals surface area contributed by atoms with Crippen LogP contribution in [-0.2, 0) is 0 Å². The van der Waals surface area contributed by atoms with Crippen molar-refractivity contribution in [2.75, 3.05) is 23.3 Å². The van der Waals surface area contributed by atoms with E-state index in [1.165, 1.54) is 0 Å². The number of rotatable bonds is 4. The van der Waals surface area contributed by atoms with Gasteiger partial charge in [0.05, 0.1) is 16.9 Å². The summed E-state index contributed by atoms with van der Waals surface area (Å²) in [6.07, 6.45) is 5.19. The van der Waals surface area contributed by atoms with Crippen LogP contribution in [0.1, 0.15) is 22.5 Å². The molecule has 2 heterocycles. The molecular weight excluding hydrogens is 358 g/mol. The third-order valence-electron chi connectivity index (χ3n) is 4.58. The van der Waals surface area contributed by atoms with Crippen molar-refractivity contribution in [1.29, 1.82) is 0 Å². The lowest BCUT2D eigenvalue weighted by atomic mass is 10.0. The summed E-state index contributed by atoms with van der Waals surface area (Å²) in [5.41, 5.74) is 8.30. The van der Waals surface area contributed by atoms with Gasteiger partial charge in [0.2, 0.25) is 5.78 Å². The number of carbonyl (C=O) groups is 1. The van der Waals surface area contributed by atoms with E-state index in [-0.39, 0.29) is 10.9 Å². The molecule has 1 aliphatic heterocycles. The van der Waals surface area contributed by atoms with Crippen molar-refractivity contribution < 1.29 is 9.21 Å². The van der Waals surface area contributed by atoms with Gasteiger partial charge in [0.25, 0.3) is 0 Å². The van der Waals surface area contributed by atoms with Crippen LogP contribution < -0.4 is 16.0 Å². The number of ketones is 1. The van der Waals surface area contributed by atoms with E-state index in [2.05, 4.69) is 22.4 Å². The SMILES string of the molecule is NC(=S)Nc1cccc(N2CC=CCC2)c1C(=O)c1cc2ccccc2o1. The normalized spacial score (nSPS) is 13.7. The van der Waals surface area contributed by atoms with Gasteiger partial charge in [-0.25, -0.2) is 0 Å². The van der Waals surface area contributed by atoms with Gasteiger partial charge in [-0.3, -0.25) is 4.79 Å². The summed E-state index contributed by atoms with van der Waals surface area (Å²) in [7, 11) is 0. The largest absolute Gasteiger partial charge is 0.453 e. The summed E-state index contributed by atoms with van der Waals surface area (Å²) in [5.74, 6) is 0.0947. The van der Waals surface area contributed by atoms with Crippen LogP contribution in [0.5, 0.6) is 0 Å². The maximum atomic E-state index is 13.4. The Balaban J connectivity index is 1.83. The smallest absolute Gasteiger partial charge is 0.232 e. The predicted molar refractivity (Wildman–Crippen MR) is 112 cm³/mol. The minimum Gasteiger partial charge on any atom is -0.453 e. The van der Waals surface area contributed by atoms with Crippen LogP contribution in [0.25, 0.3) is 11.0 Å². The number of carbonyl (C=O) groups excluding carboxylic acids is 1. The molecule has 5 nitrogen and oxygen atoms in total. The molecule has 0 fully saturated rings. The Labute approximate surface area is 162 Å². The summed E-state index contributed by atoms with van der Waals surface area (Å²) in [5, 5.41) is 3.95. The van der Waals surface area contributed by atoms with Crippen molar-refractivity contribution in [2.45, 2.75) is 6.42 Å². The molecule has 0 saturated heterocycles. The monoisotopic (exact) mass is 377 g/mol. The maximum Gasteiger partial charge on any atom is 0.232 e. The molecule has 6 heteroatoms. The fraction of sp³-hybridized carbons (Fsp3) is 0.143. The molecule has 0 saturated carbocycles. The second kappa shape index (κ2) is 7.25. The van der Waals surface area contributed by atoms with Gasteiger partial charge in [0.1, 0.15) is 5.58 Å². The molecule has 4 rings (SSSR count). The van der Waals surface area contributed by atoms with Crippen LogP contribution in [-0.4, -0.2) is 24.0 Å². The third-order valence-corrected chi connectivity index (χ3v) is 4.68. The standard InChI is InChI=1S/C21H19N3O2S/c22-21(27)23-15-8-6-9-16(24-11-4-1-5-12-24)19(15)20(25)18-13-14-7-2-3-10-17(14)26-18/h1-4,6-10,13H,5,11-12H2,(H3,22,23,27). The highest BCUT2D eigenvalue weighted by molar-refractivity contribution is 7.80. The number of furan rings is 1. The highest BCUT2D eigenvalue weighted by Crippen LogP contribution is 2.32. The molecule has 0 amide bonds. The fourth-order valence-corrected chi connectivity index (χ4v) is 3.47. The lowest BCUT2D eigenvalue weighted by Crippen LogP contribution is -2.29. The maximum absolute atomic E-state index is 13.4. The van der Waals surface area contributed by atoms with Crippen molar-refractivity contribution in [3.63, 3.8) is 0 Å². The lowest BCUT2D eigenvalue weighted by molar-refractivity contribution is 0.101. The zero-order valence-corrected chi connectivity index (χ0v) is 15.5. The highest BCUT2D eigenvalue weighted by Gasteiger charge is 2.24. The number of nitrogens with two attached hydrogens (primary N) is 1. The topological polar surface area (TPSA) is 71.5 Å². The quantitative estimate of drug-likeness (QED) is 0.405. The van der Waals surface area contributed by atoms with Crippen LogP contribution >= 0.6 is 12.2 Å². The molecule has 1 aliphatic rings. The van der Waals surface area contributed by atoms with Gasteiger partial charge in [-0.05, 0) is 42.9 Å². The van der Waals surface area contributed by atoms with E-state index < -0.39 is 0 Å². The zero-order valence-electron chi connectivity index (χ0n) is 14.6. The van der Waals surface area contributed by atoms with Gasteiger partial charge in [-0.15, -0.1) is 0 Å². The van der Waals surface area contributed by atoms with E-state index in [0.717, 1.165) is 30.6 Å². The second-order valence-corrected chi connectivity index (χ2v) is 6.81. The van der Waals surface area contributed by atoms with E-state index in [9.17, 15) is 4.79 Å². The number of para-hydroxylation sites is 1. The summed E-state index contributed by atoms with van der Waals surface area (Å²) >= 11 is 5.00. The Bertz CT molecular complexity index is 1020. The molecule has 0 bridgehead atoms. The predicted octanol–water partition coefficient (Wildman–Crippen LogP) is 4.09. The minimum atomic E-state index is -0.199. The molecule has 0 unspecified atom stereocenters. The zero-order chi connectivity index (χ0) is 18.8. The van der Waals surface area contributed by atoms with Gasteiger partial charge >= 0.3 is 0 Å². The Hall–Kier alpha value is -3.12. The number of hydrogen-bond acceptors (Lipinski definition) is 4. The first-order chi connectivity index (χ1) is 13.1. The number of hydrogen-bond donors (Lipinski definition) is 2. The average Bonchev–Trinajstić information content (AvgIpc) is 3.12. The molecular formula is C21H19N3O2S. The van der Waals surface area contributed by atoms with Crippen LogP contribution in [0, 0.1) is 0 Å². The van der Waals surface area contributed by atoms with Crippen LogP contribution in [0.3, 0.4) is 0 Å². The van der Waals surface area contributed by atoms with Crippen molar-refractivity contribution in [2.24, 2.45) is 5.73 Å². The lowest BCUT2D eigenvalue weighted by Gasteiger charge is -2.28. The molecule has 1 aromatic heterocycles.